The van der Waals surface area contributed by atoms with Gasteiger partial charge in [-0.05, 0) is 38.5 Å². The fourth-order valence-corrected chi connectivity index (χ4v) is 7.25. The molecule has 18 unspecified atom stereocenters. The van der Waals surface area contributed by atoms with Gasteiger partial charge in [-0.25, -0.2) is 0 Å². The molecule has 16 nitrogen and oxygen atoms in total. The van der Waals surface area contributed by atoms with Crippen molar-refractivity contribution in [1.82, 2.24) is 0 Å². The van der Waals surface area contributed by atoms with Crippen molar-refractivity contribution in [3.63, 3.8) is 0 Å². The number of hydrogen-bond acceptors (Lipinski definition) is 16. The third-order valence-corrected chi connectivity index (χ3v) is 9.78. The summed E-state index contributed by atoms with van der Waals surface area (Å²) in [6.45, 7) is 0.852. The van der Waals surface area contributed by atoms with Crippen molar-refractivity contribution in [1.29, 1.82) is 0 Å². The Balaban J connectivity index is 1.39. The van der Waals surface area contributed by atoms with Crippen LogP contribution >= 0.6 is 0 Å². The molecule has 0 amide bonds. The van der Waals surface area contributed by atoms with Gasteiger partial charge in [0.15, 0.2) is 12.6 Å². The van der Waals surface area contributed by atoms with E-state index in [9.17, 15) is 56.2 Å². The number of aliphatic hydroxyl groups excluding tert-OH is 11. The molecule has 0 aromatic rings. The van der Waals surface area contributed by atoms with Crippen LogP contribution in [0.25, 0.3) is 0 Å². The summed E-state index contributed by atoms with van der Waals surface area (Å²) in [5.74, 6) is -1.05. The smallest absolute Gasteiger partial charge is 0.186 e. The number of hydrogen-bond donors (Lipinski definition) is 11. The fourth-order valence-electron chi connectivity index (χ4n) is 7.25. The van der Waals surface area contributed by atoms with Crippen molar-refractivity contribution < 1.29 is 79.9 Å². The van der Waals surface area contributed by atoms with E-state index in [1.807, 2.05) is 0 Å². The minimum atomic E-state index is -1.67. The van der Waals surface area contributed by atoms with Gasteiger partial charge in [0.05, 0.1) is 55.4 Å². The Hall–Kier alpha value is -0.640. The van der Waals surface area contributed by atoms with Crippen molar-refractivity contribution in [2.24, 2.45) is 11.8 Å². The zero-order chi connectivity index (χ0) is 31.3. The van der Waals surface area contributed by atoms with E-state index < -0.39 is 129 Å². The standard InChI is InChI=1S/C27H46O16/c1-8-18(32)21(35)23(37)26(39-8)42-16-6-11-14(40-25(16)9-2-12(30)19(33)13(31)3-9)4-10(29)5-15(11)41-27-24(38)22(36)20(34)17(7-28)43-27/h8-38H,2-7H2,1H3. The van der Waals surface area contributed by atoms with Gasteiger partial charge in [-0.3, -0.25) is 0 Å². The molecule has 16 heteroatoms. The summed E-state index contributed by atoms with van der Waals surface area (Å²) >= 11 is 0. The van der Waals surface area contributed by atoms with Crippen molar-refractivity contribution in [3.8, 4) is 0 Å². The van der Waals surface area contributed by atoms with Crippen molar-refractivity contribution in [2.75, 3.05) is 6.61 Å². The van der Waals surface area contributed by atoms with E-state index in [-0.39, 0.29) is 32.1 Å². The van der Waals surface area contributed by atoms with Gasteiger partial charge in [-0.15, -0.1) is 0 Å². The third kappa shape index (κ3) is 6.76. The first-order valence-electron chi connectivity index (χ1n) is 15.0. The largest absolute Gasteiger partial charge is 0.394 e. The lowest BCUT2D eigenvalue weighted by molar-refractivity contribution is -0.342. The number of rotatable bonds is 6. The van der Waals surface area contributed by atoms with Gasteiger partial charge in [-0.1, -0.05) is 0 Å². The maximum Gasteiger partial charge on any atom is 0.186 e. The first-order chi connectivity index (χ1) is 20.3. The number of fused-ring (bicyclic) bond motifs is 1. The zero-order valence-electron chi connectivity index (χ0n) is 23.8. The number of aliphatic hydroxyl groups is 11. The molecule has 3 heterocycles. The van der Waals surface area contributed by atoms with Crippen LogP contribution in [-0.4, -0.2) is 173 Å². The Morgan fingerprint density at radius 2 is 1.16 bits per heavy atom. The average molecular weight is 627 g/mol. The molecule has 0 aromatic carbocycles. The van der Waals surface area contributed by atoms with E-state index >= 15 is 0 Å². The van der Waals surface area contributed by atoms with E-state index in [0.29, 0.717) is 0 Å². The fraction of sp³-hybridized carbons (Fsp3) is 1.00. The highest BCUT2D eigenvalue weighted by Gasteiger charge is 2.54. The molecule has 3 saturated heterocycles. The molecule has 0 radical (unpaired) electrons. The van der Waals surface area contributed by atoms with E-state index in [1.165, 1.54) is 6.92 Å². The van der Waals surface area contributed by atoms with Gasteiger partial charge in [0.25, 0.3) is 0 Å². The van der Waals surface area contributed by atoms with Crippen molar-refractivity contribution in [2.45, 2.75) is 149 Å². The van der Waals surface area contributed by atoms with Crippen molar-refractivity contribution in [3.05, 3.63) is 0 Å². The lowest BCUT2D eigenvalue weighted by Crippen LogP contribution is -2.63. The van der Waals surface area contributed by atoms with E-state index in [0.717, 1.165) is 0 Å². The molecule has 18 atom stereocenters. The molecule has 43 heavy (non-hydrogen) atoms. The SMILES string of the molecule is CC1OC(OC2CC3C(OC4OC(CO)C(O)C(O)C4O)CC(O)CC3OC2C2CC(O)C(O)C(O)C2)C(O)C(O)C1O. The zero-order valence-corrected chi connectivity index (χ0v) is 23.8. The quantitative estimate of drug-likeness (QED) is 0.132. The molecule has 0 spiro atoms. The van der Waals surface area contributed by atoms with E-state index in [2.05, 4.69) is 0 Å². The van der Waals surface area contributed by atoms with Gasteiger partial charge in [0.2, 0.25) is 0 Å². The molecule has 11 N–H and O–H groups in total. The van der Waals surface area contributed by atoms with E-state index in [4.69, 9.17) is 23.7 Å². The monoisotopic (exact) mass is 626 g/mol. The highest BCUT2D eigenvalue weighted by Crippen LogP contribution is 2.45. The summed E-state index contributed by atoms with van der Waals surface area (Å²) < 4.78 is 29.9. The minimum absolute atomic E-state index is 0.0549. The van der Waals surface area contributed by atoms with Gasteiger partial charge in [-0.2, -0.15) is 0 Å². The van der Waals surface area contributed by atoms with Crippen LogP contribution in [0.5, 0.6) is 0 Å². The molecule has 2 saturated carbocycles. The predicted molar refractivity (Wildman–Crippen MR) is 139 cm³/mol. The summed E-state index contributed by atoms with van der Waals surface area (Å²) in [7, 11) is 0. The van der Waals surface area contributed by atoms with Crippen LogP contribution in [-0.2, 0) is 23.7 Å². The van der Waals surface area contributed by atoms with Gasteiger partial charge in [0, 0.05) is 12.3 Å². The minimum Gasteiger partial charge on any atom is -0.394 e. The molecule has 5 aliphatic rings. The topological polar surface area (TPSA) is 269 Å². The van der Waals surface area contributed by atoms with Crippen LogP contribution in [0, 0.1) is 11.8 Å². The van der Waals surface area contributed by atoms with Crippen LogP contribution in [0.4, 0.5) is 0 Å². The third-order valence-electron chi connectivity index (χ3n) is 9.78. The Labute approximate surface area is 248 Å². The van der Waals surface area contributed by atoms with Crippen LogP contribution in [0.2, 0.25) is 0 Å². The predicted octanol–water partition coefficient (Wildman–Crippen LogP) is -5.19. The second-order valence-electron chi connectivity index (χ2n) is 12.7. The second-order valence-corrected chi connectivity index (χ2v) is 12.7. The van der Waals surface area contributed by atoms with Crippen LogP contribution in [0.3, 0.4) is 0 Å². The molecular weight excluding hydrogens is 580 g/mol. The molecule has 5 rings (SSSR count). The summed E-state index contributed by atoms with van der Waals surface area (Å²) in [6.07, 6.45) is -21.8. The average Bonchev–Trinajstić information content (AvgIpc) is 2.97. The molecule has 0 aromatic heterocycles. The summed E-state index contributed by atoms with van der Waals surface area (Å²) in [5, 5.41) is 113. The first-order valence-corrected chi connectivity index (χ1v) is 15.0. The molecule has 2 aliphatic carbocycles. The molecule has 250 valence electrons. The maximum absolute atomic E-state index is 10.7. The molecular formula is C27H46O16. The molecule has 5 fully saturated rings. The lowest BCUT2D eigenvalue weighted by atomic mass is 9.72. The first kappa shape index (κ1) is 33.7. The van der Waals surface area contributed by atoms with Gasteiger partial charge < -0.3 is 79.9 Å². The van der Waals surface area contributed by atoms with E-state index in [1.54, 1.807) is 0 Å². The second kappa shape index (κ2) is 13.6. The highest BCUT2D eigenvalue weighted by molar-refractivity contribution is 5.01. The van der Waals surface area contributed by atoms with Crippen LogP contribution < -0.4 is 0 Å². The highest BCUT2D eigenvalue weighted by atomic mass is 16.7. The summed E-state index contributed by atoms with van der Waals surface area (Å²) in [4.78, 5) is 0. The molecule has 0 bridgehead atoms. The van der Waals surface area contributed by atoms with Crippen LogP contribution in [0.1, 0.15) is 39.0 Å². The number of ether oxygens (including phenoxy) is 5. The summed E-state index contributed by atoms with van der Waals surface area (Å²) in [6, 6.07) is 0. The normalized spacial score (nSPS) is 56.4. The lowest BCUT2D eigenvalue weighted by Gasteiger charge is -2.52. The maximum atomic E-state index is 10.7. The Morgan fingerprint density at radius 1 is 0.581 bits per heavy atom. The molecule has 3 aliphatic heterocycles. The Kier molecular flexibility index (Phi) is 10.7. The van der Waals surface area contributed by atoms with Crippen LogP contribution in [0.15, 0.2) is 0 Å². The Bertz CT molecular complexity index is 900. The van der Waals surface area contributed by atoms with Gasteiger partial charge >= 0.3 is 0 Å². The van der Waals surface area contributed by atoms with Gasteiger partial charge in [0.1, 0.15) is 48.8 Å². The van der Waals surface area contributed by atoms with Crippen molar-refractivity contribution >= 4 is 0 Å². The summed E-state index contributed by atoms with van der Waals surface area (Å²) in [5.41, 5.74) is 0. The Morgan fingerprint density at radius 3 is 1.79 bits per heavy atom.